The fourth-order valence-electron chi connectivity index (χ4n) is 3.26. The van der Waals surface area contributed by atoms with Crippen LogP contribution in [0.3, 0.4) is 0 Å². The van der Waals surface area contributed by atoms with E-state index in [2.05, 4.69) is 5.32 Å². The molecule has 1 N–H and O–H groups in total. The summed E-state index contributed by atoms with van der Waals surface area (Å²) >= 11 is 1.58. The highest BCUT2D eigenvalue weighted by Crippen LogP contribution is 2.42. The maximum absolute atomic E-state index is 12.6. The van der Waals surface area contributed by atoms with Crippen LogP contribution >= 0.6 is 11.8 Å². The van der Waals surface area contributed by atoms with Crippen molar-refractivity contribution in [2.45, 2.75) is 25.1 Å². The van der Waals surface area contributed by atoms with Crippen molar-refractivity contribution in [3.63, 3.8) is 0 Å². The molecule has 1 aliphatic rings. The maximum Gasteiger partial charge on any atom is 0.306 e. The van der Waals surface area contributed by atoms with Crippen molar-refractivity contribution >= 4 is 46.6 Å². The summed E-state index contributed by atoms with van der Waals surface area (Å²) < 4.78 is 4.83. The first-order valence-electron chi connectivity index (χ1n) is 10.2. The normalized spacial score (nSPS) is 15.6. The number of hydrogen-bond donors (Lipinski definition) is 1. The molecule has 1 atom stereocenters. The zero-order valence-corrected chi connectivity index (χ0v) is 18.8. The smallest absolute Gasteiger partial charge is 0.306 e. The Hall–Kier alpha value is -3.00. The monoisotopic (exact) mass is 441 g/mol. The molecule has 2 aromatic carbocycles. The third-order valence-electron chi connectivity index (χ3n) is 4.85. The quantitative estimate of drug-likeness (QED) is 0.628. The molecular formula is C23H27N3O4S. The van der Waals surface area contributed by atoms with Crippen LogP contribution in [0.1, 0.15) is 30.7 Å². The van der Waals surface area contributed by atoms with Gasteiger partial charge in [0.2, 0.25) is 11.8 Å². The largest absolute Gasteiger partial charge is 0.466 e. The summed E-state index contributed by atoms with van der Waals surface area (Å²) in [4.78, 5) is 39.8. The Labute approximate surface area is 186 Å². The zero-order valence-electron chi connectivity index (χ0n) is 18.0. The van der Waals surface area contributed by atoms with Gasteiger partial charge < -0.3 is 15.0 Å². The van der Waals surface area contributed by atoms with Gasteiger partial charge in [0.15, 0.2) is 0 Å². The number of hydrogen-bond acceptors (Lipinski definition) is 6. The highest BCUT2D eigenvalue weighted by atomic mass is 32.2. The molecule has 8 heteroatoms. The fourth-order valence-corrected chi connectivity index (χ4v) is 4.44. The predicted octanol–water partition coefficient (Wildman–Crippen LogP) is 3.81. The lowest BCUT2D eigenvalue weighted by atomic mass is 10.1. The Balaban J connectivity index is 1.66. The van der Waals surface area contributed by atoms with Crippen molar-refractivity contribution in [2.75, 3.05) is 41.6 Å². The number of rotatable bonds is 8. The van der Waals surface area contributed by atoms with Crippen LogP contribution in [-0.2, 0) is 19.1 Å². The average Bonchev–Trinajstić information content (AvgIpc) is 3.14. The summed E-state index contributed by atoms with van der Waals surface area (Å²) in [6.07, 6.45) is 0.129. The van der Waals surface area contributed by atoms with Crippen molar-refractivity contribution in [3.05, 3.63) is 54.1 Å². The highest BCUT2D eigenvalue weighted by molar-refractivity contribution is 8.00. The summed E-state index contributed by atoms with van der Waals surface area (Å²) in [6.45, 7) is 2.04. The number of benzene rings is 2. The van der Waals surface area contributed by atoms with Crippen LogP contribution in [0.5, 0.6) is 0 Å². The van der Waals surface area contributed by atoms with Crippen molar-refractivity contribution in [1.82, 2.24) is 0 Å². The maximum atomic E-state index is 12.6. The molecule has 0 radical (unpaired) electrons. The van der Waals surface area contributed by atoms with E-state index in [0.29, 0.717) is 18.0 Å². The number of carbonyl (C=O) groups is 3. The van der Waals surface area contributed by atoms with Gasteiger partial charge in [-0.2, -0.15) is 0 Å². The van der Waals surface area contributed by atoms with Gasteiger partial charge in [0, 0.05) is 37.6 Å². The van der Waals surface area contributed by atoms with Gasteiger partial charge in [-0.1, -0.05) is 12.1 Å². The van der Waals surface area contributed by atoms with Gasteiger partial charge in [0.25, 0.3) is 0 Å². The van der Waals surface area contributed by atoms with Crippen LogP contribution in [-0.4, -0.2) is 44.2 Å². The van der Waals surface area contributed by atoms with E-state index in [0.717, 1.165) is 16.9 Å². The second-order valence-corrected chi connectivity index (χ2v) is 8.38. The van der Waals surface area contributed by atoms with Crippen molar-refractivity contribution < 1.29 is 19.1 Å². The third kappa shape index (κ3) is 5.79. The summed E-state index contributed by atoms with van der Waals surface area (Å²) in [6, 6.07) is 15.4. The first-order valence-corrected chi connectivity index (χ1v) is 11.2. The first kappa shape index (κ1) is 22.7. The molecule has 3 rings (SSSR count). The van der Waals surface area contributed by atoms with Gasteiger partial charge in [-0.15, -0.1) is 11.8 Å². The van der Waals surface area contributed by atoms with Crippen LogP contribution in [0.4, 0.5) is 17.1 Å². The molecule has 1 saturated heterocycles. The van der Waals surface area contributed by atoms with Gasteiger partial charge in [-0.05, 0) is 48.9 Å². The van der Waals surface area contributed by atoms with E-state index in [-0.39, 0.29) is 36.0 Å². The second-order valence-electron chi connectivity index (χ2n) is 7.31. The summed E-state index contributed by atoms with van der Waals surface area (Å²) in [5.41, 5.74) is 3.57. The number of amides is 2. The Morgan fingerprint density at radius 1 is 1.10 bits per heavy atom. The van der Waals surface area contributed by atoms with E-state index in [1.165, 1.54) is 0 Å². The predicted molar refractivity (Wildman–Crippen MR) is 124 cm³/mol. The Bertz CT molecular complexity index is 929. The Morgan fingerprint density at radius 3 is 2.39 bits per heavy atom. The Kier molecular flexibility index (Phi) is 7.57. The number of ether oxygens (including phenoxy) is 1. The summed E-state index contributed by atoms with van der Waals surface area (Å²) in [5.74, 6) is -0.126. The number of anilines is 3. The Morgan fingerprint density at radius 2 is 1.77 bits per heavy atom. The topological polar surface area (TPSA) is 78.9 Å². The minimum Gasteiger partial charge on any atom is -0.466 e. The fraction of sp³-hybridized carbons (Fsp3) is 0.348. The molecule has 0 saturated carbocycles. The van der Waals surface area contributed by atoms with Gasteiger partial charge in [-0.25, -0.2) is 0 Å². The highest BCUT2D eigenvalue weighted by Gasteiger charge is 2.34. The summed E-state index contributed by atoms with van der Waals surface area (Å²) in [7, 11) is 3.96. The van der Waals surface area contributed by atoms with Gasteiger partial charge in [0.1, 0.15) is 5.37 Å². The lowest BCUT2D eigenvalue weighted by molar-refractivity contribution is -0.144. The minimum atomic E-state index is -0.380. The molecule has 164 valence electrons. The van der Waals surface area contributed by atoms with Crippen LogP contribution in [0.2, 0.25) is 0 Å². The molecule has 0 spiro atoms. The molecule has 0 unspecified atom stereocenters. The van der Waals surface area contributed by atoms with Gasteiger partial charge in [-0.3, -0.25) is 19.3 Å². The number of thioether (sulfide) groups is 1. The van der Waals surface area contributed by atoms with Crippen molar-refractivity contribution in [2.24, 2.45) is 0 Å². The molecule has 2 aromatic rings. The molecule has 1 aliphatic heterocycles. The number of nitrogens with zero attached hydrogens (tertiary/aromatic N) is 2. The van der Waals surface area contributed by atoms with E-state index in [1.54, 1.807) is 18.7 Å². The first-order chi connectivity index (χ1) is 14.9. The van der Waals surface area contributed by atoms with Crippen LogP contribution in [0, 0.1) is 0 Å². The minimum absolute atomic E-state index is 0.0557. The van der Waals surface area contributed by atoms with Gasteiger partial charge >= 0.3 is 5.97 Å². The van der Waals surface area contributed by atoms with Crippen LogP contribution < -0.4 is 15.1 Å². The molecule has 2 amide bonds. The molecule has 1 heterocycles. The number of carbonyl (C=O) groups excluding carboxylic acids is 3. The molecule has 1 fully saturated rings. The van der Waals surface area contributed by atoms with Gasteiger partial charge in [0.05, 0.1) is 18.8 Å². The zero-order chi connectivity index (χ0) is 22.4. The average molecular weight is 442 g/mol. The molecule has 31 heavy (non-hydrogen) atoms. The van der Waals surface area contributed by atoms with E-state index >= 15 is 0 Å². The SMILES string of the molecule is CCOC(=O)CCC(=O)Nc1ccc([C@@H]2SCC(=O)N2c2ccc(N(C)C)cc2)cc1. The van der Waals surface area contributed by atoms with Crippen molar-refractivity contribution in [3.8, 4) is 0 Å². The summed E-state index contributed by atoms with van der Waals surface area (Å²) in [5, 5.41) is 2.67. The van der Waals surface area contributed by atoms with Crippen molar-refractivity contribution in [1.29, 1.82) is 0 Å². The molecule has 0 aromatic heterocycles. The van der Waals surface area contributed by atoms with Crippen LogP contribution in [0.25, 0.3) is 0 Å². The third-order valence-corrected chi connectivity index (χ3v) is 6.07. The second kappa shape index (κ2) is 10.3. The van der Waals surface area contributed by atoms with E-state index in [4.69, 9.17) is 4.74 Å². The van der Waals surface area contributed by atoms with E-state index in [1.807, 2.05) is 72.4 Å². The number of esters is 1. The lowest BCUT2D eigenvalue weighted by Gasteiger charge is -2.25. The van der Waals surface area contributed by atoms with Crippen LogP contribution in [0.15, 0.2) is 48.5 Å². The number of nitrogens with one attached hydrogen (secondary N) is 1. The molecular weight excluding hydrogens is 414 g/mol. The lowest BCUT2D eigenvalue weighted by Crippen LogP contribution is -2.27. The molecule has 7 nitrogen and oxygen atoms in total. The molecule has 0 aliphatic carbocycles. The van der Waals surface area contributed by atoms with E-state index < -0.39 is 0 Å². The molecule has 0 bridgehead atoms. The standard InChI is InChI=1S/C23H27N3O4S/c1-4-30-22(29)14-13-20(27)24-17-7-5-16(6-8-17)23-26(21(28)15-31-23)19-11-9-18(10-12-19)25(2)3/h5-12,23H,4,13-15H2,1-3H3,(H,24,27)/t23-/m0/s1. The van der Waals surface area contributed by atoms with E-state index in [9.17, 15) is 14.4 Å².